The van der Waals surface area contributed by atoms with Gasteiger partial charge >= 0.3 is 0 Å². The molecule has 0 atom stereocenters. The number of benzene rings is 2. The number of hydrogen-bond donors (Lipinski definition) is 2. The van der Waals surface area contributed by atoms with Crippen LogP contribution in [0.15, 0.2) is 42.5 Å². The van der Waals surface area contributed by atoms with Crippen molar-refractivity contribution < 1.29 is 4.79 Å². The number of nitrogens with two attached hydrogens (primary N) is 1. The zero-order chi connectivity index (χ0) is 15.4. The summed E-state index contributed by atoms with van der Waals surface area (Å²) in [7, 11) is 0. The molecule has 2 aromatic rings. The van der Waals surface area contributed by atoms with Crippen LogP contribution >= 0.6 is 12.2 Å². The quantitative estimate of drug-likeness (QED) is 0.853. The van der Waals surface area contributed by atoms with Gasteiger partial charge in [-0.2, -0.15) is 0 Å². The molecule has 2 aromatic carbocycles. The van der Waals surface area contributed by atoms with Gasteiger partial charge in [0.1, 0.15) is 4.99 Å². The summed E-state index contributed by atoms with van der Waals surface area (Å²) in [6, 6.07) is 13.5. The molecule has 0 aliphatic rings. The summed E-state index contributed by atoms with van der Waals surface area (Å²) in [4.78, 5) is 12.5. The minimum Gasteiger partial charge on any atom is -0.389 e. The number of hydrogen-bond acceptors (Lipinski definition) is 2. The molecule has 0 aliphatic carbocycles. The molecule has 2 rings (SSSR count). The van der Waals surface area contributed by atoms with Crippen LogP contribution in [-0.2, 0) is 11.2 Å². The van der Waals surface area contributed by atoms with E-state index in [4.69, 9.17) is 18.0 Å². The Kier molecular flexibility index (Phi) is 4.70. The molecule has 0 aliphatic heterocycles. The zero-order valence-corrected chi connectivity index (χ0v) is 13.0. The third-order valence-electron chi connectivity index (χ3n) is 3.24. The van der Waals surface area contributed by atoms with Crippen LogP contribution in [-0.4, -0.2) is 10.9 Å². The van der Waals surface area contributed by atoms with Crippen LogP contribution < -0.4 is 11.1 Å². The van der Waals surface area contributed by atoms with Crippen molar-refractivity contribution in [2.24, 2.45) is 5.73 Å². The molecule has 4 heteroatoms. The standard InChI is InChI=1S/C17H18N2OS/c1-11-4-3-5-13(8-11)9-16(20)19-15-10-14(17(18)21)7-6-12(15)2/h3-8,10H,9H2,1-2H3,(H2,18,21)(H,19,20). The van der Waals surface area contributed by atoms with Gasteiger partial charge in [-0.25, -0.2) is 0 Å². The number of carbonyl (C=O) groups excluding carboxylic acids is 1. The lowest BCUT2D eigenvalue weighted by atomic mass is 10.1. The fourth-order valence-electron chi connectivity index (χ4n) is 2.11. The maximum atomic E-state index is 12.2. The van der Waals surface area contributed by atoms with E-state index in [1.807, 2.05) is 56.3 Å². The van der Waals surface area contributed by atoms with Crippen molar-refractivity contribution in [3.8, 4) is 0 Å². The van der Waals surface area contributed by atoms with Gasteiger partial charge in [0.15, 0.2) is 0 Å². The molecule has 3 nitrogen and oxygen atoms in total. The summed E-state index contributed by atoms with van der Waals surface area (Å²) < 4.78 is 0. The molecule has 0 heterocycles. The molecule has 0 radical (unpaired) electrons. The average molecular weight is 298 g/mol. The first-order valence-corrected chi connectivity index (χ1v) is 7.12. The van der Waals surface area contributed by atoms with E-state index < -0.39 is 0 Å². The Labute approximate surface area is 130 Å². The topological polar surface area (TPSA) is 55.1 Å². The van der Waals surface area contributed by atoms with E-state index in [1.165, 1.54) is 0 Å². The number of rotatable bonds is 4. The number of thiocarbonyl (C=S) groups is 1. The van der Waals surface area contributed by atoms with E-state index in [-0.39, 0.29) is 5.91 Å². The van der Waals surface area contributed by atoms with E-state index in [9.17, 15) is 4.79 Å². The highest BCUT2D eigenvalue weighted by molar-refractivity contribution is 7.80. The predicted molar refractivity (Wildman–Crippen MR) is 90.6 cm³/mol. The van der Waals surface area contributed by atoms with Crippen molar-refractivity contribution in [2.45, 2.75) is 20.3 Å². The molecule has 0 spiro atoms. The molecule has 3 N–H and O–H groups in total. The third-order valence-corrected chi connectivity index (χ3v) is 3.48. The average Bonchev–Trinajstić information content (AvgIpc) is 2.41. The SMILES string of the molecule is Cc1cccc(CC(=O)Nc2cc(C(N)=S)ccc2C)c1. The number of anilines is 1. The first kappa shape index (κ1) is 15.2. The van der Waals surface area contributed by atoms with Gasteiger partial charge < -0.3 is 11.1 Å². The van der Waals surface area contributed by atoms with Crippen LogP contribution in [0.5, 0.6) is 0 Å². The Morgan fingerprint density at radius 1 is 1.19 bits per heavy atom. The molecule has 0 bridgehead atoms. The first-order chi connectivity index (χ1) is 9.95. The second-order valence-corrected chi connectivity index (χ2v) is 5.55. The molecule has 0 unspecified atom stereocenters. The summed E-state index contributed by atoms with van der Waals surface area (Å²) in [5.41, 5.74) is 10.2. The number of carbonyl (C=O) groups is 1. The van der Waals surface area contributed by atoms with Gasteiger partial charge in [-0.05, 0) is 31.0 Å². The monoisotopic (exact) mass is 298 g/mol. The largest absolute Gasteiger partial charge is 0.389 e. The Bertz CT molecular complexity index is 695. The van der Waals surface area contributed by atoms with Gasteiger partial charge in [-0.15, -0.1) is 0 Å². The molecule has 21 heavy (non-hydrogen) atoms. The third kappa shape index (κ3) is 4.13. The van der Waals surface area contributed by atoms with Gasteiger partial charge in [0, 0.05) is 11.3 Å². The Balaban J connectivity index is 2.12. The van der Waals surface area contributed by atoms with Gasteiger partial charge in [0.05, 0.1) is 6.42 Å². The van der Waals surface area contributed by atoms with Crippen LogP contribution in [0.25, 0.3) is 0 Å². The molecular weight excluding hydrogens is 280 g/mol. The molecule has 108 valence electrons. The lowest BCUT2D eigenvalue weighted by molar-refractivity contribution is -0.115. The molecular formula is C17H18N2OS. The Morgan fingerprint density at radius 3 is 2.62 bits per heavy atom. The maximum absolute atomic E-state index is 12.2. The Morgan fingerprint density at radius 2 is 1.95 bits per heavy atom. The lowest BCUT2D eigenvalue weighted by Gasteiger charge is -2.10. The molecule has 0 saturated heterocycles. The van der Waals surface area contributed by atoms with Gasteiger partial charge in [-0.3, -0.25) is 4.79 Å². The molecule has 1 amide bonds. The number of aryl methyl sites for hydroxylation is 2. The van der Waals surface area contributed by atoms with Crippen molar-refractivity contribution in [1.29, 1.82) is 0 Å². The normalized spacial score (nSPS) is 10.2. The molecule has 0 aromatic heterocycles. The fourth-order valence-corrected chi connectivity index (χ4v) is 2.24. The van der Waals surface area contributed by atoms with Crippen molar-refractivity contribution in [3.05, 3.63) is 64.7 Å². The van der Waals surface area contributed by atoms with E-state index in [2.05, 4.69) is 5.32 Å². The zero-order valence-electron chi connectivity index (χ0n) is 12.1. The summed E-state index contributed by atoms with van der Waals surface area (Å²) >= 11 is 4.96. The van der Waals surface area contributed by atoms with Crippen LogP contribution in [0.3, 0.4) is 0 Å². The highest BCUT2D eigenvalue weighted by Gasteiger charge is 2.08. The van der Waals surface area contributed by atoms with Gasteiger partial charge in [0.2, 0.25) is 5.91 Å². The van der Waals surface area contributed by atoms with Crippen LogP contribution in [0, 0.1) is 13.8 Å². The number of nitrogens with one attached hydrogen (secondary N) is 1. The van der Waals surface area contributed by atoms with Crippen molar-refractivity contribution in [2.75, 3.05) is 5.32 Å². The van der Waals surface area contributed by atoms with Crippen molar-refractivity contribution in [1.82, 2.24) is 0 Å². The highest BCUT2D eigenvalue weighted by Crippen LogP contribution is 2.17. The number of amides is 1. The van der Waals surface area contributed by atoms with Crippen LogP contribution in [0.4, 0.5) is 5.69 Å². The Hall–Kier alpha value is -2.20. The van der Waals surface area contributed by atoms with E-state index in [0.717, 1.165) is 27.9 Å². The van der Waals surface area contributed by atoms with Crippen molar-refractivity contribution in [3.63, 3.8) is 0 Å². The summed E-state index contributed by atoms with van der Waals surface area (Å²) in [6.45, 7) is 3.95. The lowest BCUT2D eigenvalue weighted by Crippen LogP contribution is -2.16. The maximum Gasteiger partial charge on any atom is 0.228 e. The molecule has 0 fully saturated rings. The fraction of sp³-hybridized carbons (Fsp3) is 0.176. The predicted octanol–water partition coefficient (Wildman–Crippen LogP) is 3.12. The second kappa shape index (κ2) is 6.50. The van der Waals surface area contributed by atoms with E-state index in [1.54, 1.807) is 0 Å². The summed E-state index contributed by atoms with van der Waals surface area (Å²) in [5, 5.41) is 2.92. The van der Waals surface area contributed by atoms with Gasteiger partial charge in [0.25, 0.3) is 0 Å². The van der Waals surface area contributed by atoms with Crippen molar-refractivity contribution >= 4 is 28.8 Å². The molecule has 0 saturated carbocycles. The first-order valence-electron chi connectivity index (χ1n) is 6.71. The minimum atomic E-state index is -0.0520. The highest BCUT2D eigenvalue weighted by atomic mass is 32.1. The summed E-state index contributed by atoms with van der Waals surface area (Å²) in [6.07, 6.45) is 0.346. The van der Waals surface area contributed by atoms with Gasteiger partial charge in [-0.1, -0.05) is 54.2 Å². The van der Waals surface area contributed by atoms with Crippen LogP contribution in [0.2, 0.25) is 0 Å². The van der Waals surface area contributed by atoms with E-state index >= 15 is 0 Å². The van der Waals surface area contributed by atoms with Crippen LogP contribution in [0.1, 0.15) is 22.3 Å². The smallest absolute Gasteiger partial charge is 0.228 e. The minimum absolute atomic E-state index is 0.0520. The summed E-state index contributed by atoms with van der Waals surface area (Å²) in [5.74, 6) is -0.0520. The second-order valence-electron chi connectivity index (χ2n) is 5.11. The van der Waals surface area contributed by atoms with E-state index in [0.29, 0.717) is 11.4 Å².